The number of hydrogen-bond acceptors (Lipinski definition) is 19. The van der Waals surface area contributed by atoms with Gasteiger partial charge >= 0.3 is 11.9 Å². The largest absolute Gasteiger partial charge is 0.477 e. The number of carbonyl (C=O) groups excluding carboxylic acids is 3. The maximum absolute atomic E-state index is 13.6. The second kappa shape index (κ2) is 31.9. The molecule has 1 aliphatic heterocycles. The molecule has 1 saturated heterocycles. The van der Waals surface area contributed by atoms with Crippen molar-refractivity contribution in [2.45, 2.75) is 68.7 Å². The molecule has 7 N–H and O–H groups in total. The van der Waals surface area contributed by atoms with E-state index >= 15 is 0 Å². The van der Waals surface area contributed by atoms with E-state index in [2.05, 4.69) is 25.7 Å². The summed E-state index contributed by atoms with van der Waals surface area (Å²) in [6.45, 7) is -0.441. The summed E-state index contributed by atoms with van der Waals surface area (Å²) in [6, 6.07) is 15.4. The van der Waals surface area contributed by atoms with Gasteiger partial charge in [-0.1, -0.05) is 59.8 Å². The standard InChI is InChI=1S/C49H60F5N5O18/c50-39-40(51)42(53)46(43(54)41(39)52)76-38(65)10-12-69-14-16-71-18-19-72-17-15-70-13-11-59-27-33(57-58-59)29-74-21-20-73-22-23-75-49(48(67)68)25-34(61)44(56-37(64)28-60)47(77-49)45(66)35(62)26-55-36(63)24-30-6-8-32(9-7-30)31-4-2-1-3-5-31/h1-9,27,34-35,44-45,47,60-62,66H,10-26,28-29H2,(H,55,63)(H,56,64)(H,67,68)/t34-,35+,44+,45+,47+,49-/m0/s1. The Morgan fingerprint density at radius 3 is 1.90 bits per heavy atom. The van der Waals surface area contributed by atoms with Crippen molar-refractivity contribution in [3.05, 3.63) is 101 Å². The summed E-state index contributed by atoms with van der Waals surface area (Å²) in [4.78, 5) is 49.3. The van der Waals surface area contributed by atoms with Crippen LogP contribution in [0.4, 0.5) is 22.0 Å². The Kier molecular flexibility index (Phi) is 25.6. The Hall–Kier alpha value is -6.15. The molecule has 0 aliphatic carbocycles. The molecule has 6 atom stereocenters. The molecule has 4 aromatic rings. The average molecular weight is 1100 g/mol. The molecule has 3 aromatic carbocycles. The van der Waals surface area contributed by atoms with Gasteiger partial charge in [-0.15, -0.1) is 5.10 Å². The predicted molar refractivity (Wildman–Crippen MR) is 252 cm³/mol. The minimum Gasteiger partial charge on any atom is -0.477 e. The van der Waals surface area contributed by atoms with E-state index in [1.54, 1.807) is 23.0 Å². The Balaban J connectivity index is 0.899. The molecule has 0 radical (unpaired) electrons. The van der Waals surface area contributed by atoms with Gasteiger partial charge in [-0.2, -0.15) is 8.78 Å². The number of carboxylic acids is 1. The van der Waals surface area contributed by atoms with Gasteiger partial charge in [-0.05, 0) is 16.7 Å². The van der Waals surface area contributed by atoms with Crippen molar-refractivity contribution in [3.63, 3.8) is 0 Å². The molecular formula is C49H60F5N5O18. The van der Waals surface area contributed by atoms with Gasteiger partial charge in [-0.3, -0.25) is 14.4 Å². The quantitative estimate of drug-likeness (QED) is 0.00835. The number of nitrogens with zero attached hydrogens (tertiary/aromatic N) is 3. The number of aliphatic carboxylic acids is 1. The first-order valence-electron chi connectivity index (χ1n) is 24.0. The molecule has 0 bridgehead atoms. The average Bonchev–Trinajstić information content (AvgIpc) is 3.90. The molecular weight excluding hydrogens is 1040 g/mol. The number of aromatic nitrogens is 3. The Labute approximate surface area is 437 Å². The Morgan fingerprint density at radius 1 is 0.727 bits per heavy atom. The first kappa shape index (κ1) is 61.7. The van der Waals surface area contributed by atoms with Gasteiger partial charge in [0, 0.05) is 13.0 Å². The summed E-state index contributed by atoms with van der Waals surface area (Å²) >= 11 is 0. The van der Waals surface area contributed by atoms with Gasteiger partial charge in [0.15, 0.2) is 0 Å². The number of halogens is 5. The first-order chi connectivity index (χ1) is 37.0. The highest BCUT2D eigenvalue weighted by Crippen LogP contribution is 2.34. The van der Waals surface area contributed by atoms with E-state index in [0.29, 0.717) is 17.8 Å². The molecule has 1 aliphatic rings. The smallest absolute Gasteiger partial charge is 0.364 e. The summed E-state index contributed by atoms with van der Waals surface area (Å²) in [5.74, 6) is -20.1. The summed E-state index contributed by atoms with van der Waals surface area (Å²) < 4.78 is 116. The first-order valence-corrected chi connectivity index (χ1v) is 24.0. The maximum atomic E-state index is 13.6. The van der Waals surface area contributed by atoms with E-state index in [9.17, 15) is 66.7 Å². The highest BCUT2D eigenvalue weighted by molar-refractivity contribution is 5.79. The van der Waals surface area contributed by atoms with Crippen molar-refractivity contribution < 1.29 is 109 Å². The Bertz CT molecular complexity index is 2460. The number of carbonyl (C=O) groups is 4. The number of hydrogen-bond donors (Lipinski definition) is 7. The highest BCUT2D eigenvalue weighted by atomic mass is 19.2. The van der Waals surface area contributed by atoms with Crippen LogP contribution in [-0.2, 0) is 76.6 Å². The van der Waals surface area contributed by atoms with Crippen LogP contribution >= 0.6 is 0 Å². The molecule has 0 saturated carbocycles. The van der Waals surface area contributed by atoms with Crippen LogP contribution in [0.2, 0.25) is 0 Å². The molecule has 1 aromatic heterocycles. The lowest BCUT2D eigenvalue weighted by molar-refractivity contribution is -0.312. The molecule has 0 spiro atoms. The van der Waals surface area contributed by atoms with Crippen LogP contribution < -0.4 is 15.4 Å². The number of esters is 1. The van der Waals surface area contributed by atoms with Crippen LogP contribution in [0.5, 0.6) is 5.75 Å². The third-order valence-electron chi connectivity index (χ3n) is 11.2. The SMILES string of the molecule is O=C(Cc1ccc(-c2ccccc2)cc1)NC[C@@H](O)[C@@H](O)[C@@H]1O[C@](OCCOCCOCc2cn(CCOCCOCCOCCOCCC(=O)Oc3c(F)c(F)c(F)c(F)c3F)nn2)(C(=O)O)C[C@H](O)[C@H]1NC(=O)CO. The number of nitrogens with one attached hydrogen (secondary N) is 2. The second-order valence-corrected chi connectivity index (χ2v) is 16.8. The summed E-state index contributed by atoms with van der Waals surface area (Å²) in [5.41, 5.74) is 3.12. The van der Waals surface area contributed by atoms with Crippen molar-refractivity contribution in [1.82, 2.24) is 25.6 Å². The minimum atomic E-state index is -2.58. The number of benzene rings is 3. The number of amides is 2. The van der Waals surface area contributed by atoms with Gasteiger partial charge in [0.1, 0.15) is 24.5 Å². The molecule has 424 valence electrons. The van der Waals surface area contributed by atoms with E-state index in [1.165, 1.54) is 0 Å². The van der Waals surface area contributed by atoms with Crippen LogP contribution in [0.15, 0.2) is 60.8 Å². The van der Waals surface area contributed by atoms with E-state index in [-0.39, 0.29) is 92.3 Å². The van der Waals surface area contributed by atoms with E-state index in [4.69, 9.17) is 37.9 Å². The van der Waals surface area contributed by atoms with E-state index in [1.807, 2.05) is 42.5 Å². The van der Waals surface area contributed by atoms with Gasteiger partial charge in [-0.25, -0.2) is 22.6 Å². The van der Waals surface area contributed by atoms with E-state index in [0.717, 1.165) is 11.1 Å². The fourth-order valence-corrected chi connectivity index (χ4v) is 7.29. The predicted octanol–water partition coefficient (Wildman–Crippen LogP) is 0.741. The molecule has 5 rings (SSSR count). The monoisotopic (exact) mass is 1100 g/mol. The summed E-state index contributed by atoms with van der Waals surface area (Å²) in [5, 5.41) is 65.6. The molecule has 1 fully saturated rings. The third-order valence-corrected chi connectivity index (χ3v) is 11.2. The number of carboxylic acid groups (broad SMARTS) is 1. The molecule has 2 amide bonds. The molecule has 23 nitrogen and oxygen atoms in total. The zero-order chi connectivity index (χ0) is 55.7. The van der Waals surface area contributed by atoms with Gasteiger partial charge in [0.05, 0.1) is 130 Å². The maximum Gasteiger partial charge on any atom is 0.364 e. The number of ether oxygens (including phenoxy) is 9. The molecule has 28 heteroatoms. The van der Waals surface area contributed by atoms with Crippen molar-refractivity contribution in [2.75, 3.05) is 92.4 Å². The van der Waals surface area contributed by atoms with Crippen molar-refractivity contribution in [1.29, 1.82) is 0 Å². The lowest BCUT2D eigenvalue weighted by Crippen LogP contribution is -2.68. The number of rotatable bonds is 35. The molecule has 77 heavy (non-hydrogen) atoms. The highest BCUT2D eigenvalue weighted by Gasteiger charge is 2.56. The molecule has 0 unspecified atom stereocenters. The van der Waals surface area contributed by atoms with Crippen molar-refractivity contribution in [3.8, 4) is 16.9 Å². The number of aliphatic hydroxyl groups excluding tert-OH is 4. The van der Waals surface area contributed by atoms with Crippen LogP contribution in [0.25, 0.3) is 11.1 Å². The zero-order valence-corrected chi connectivity index (χ0v) is 41.4. The third kappa shape index (κ3) is 19.4. The minimum absolute atomic E-state index is 0.0218. The number of aliphatic hydroxyl groups is 4. The fraction of sp³-hybridized carbons (Fsp3) is 0.510. The van der Waals surface area contributed by atoms with Crippen LogP contribution in [-0.4, -0.2) is 193 Å². The Morgan fingerprint density at radius 2 is 1.29 bits per heavy atom. The van der Waals surface area contributed by atoms with Crippen LogP contribution in [0.1, 0.15) is 24.1 Å². The van der Waals surface area contributed by atoms with Crippen molar-refractivity contribution in [2.24, 2.45) is 0 Å². The van der Waals surface area contributed by atoms with Crippen LogP contribution in [0.3, 0.4) is 0 Å². The van der Waals surface area contributed by atoms with Gasteiger partial charge < -0.3 is 78.8 Å². The summed E-state index contributed by atoms with van der Waals surface area (Å²) in [6.07, 6.45) is -7.01. The zero-order valence-electron chi connectivity index (χ0n) is 41.4. The lowest BCUT2D eigenvalue weighted by Gasteiger charge is -2.46. The lowest BCUT2D eigenvalue weighted by atomic mass is 9.88. The summed E-state index contributed by atoms with van der Waals surface area (Å²) in [7, 11) is 0. The second-order valence-electron chi connectivity index (χ2n) is 16.8. The van der Waals surface area contributed by atoms with Crippen molar-refractivity contribution >= 4 is 23.8 Å². The van der Waals surface area contributed by atoms with Crippen LogP contribution in [0, 0.1) is 29.1 Å². The topological polar surface area (TPSA) is 307 Å². The normalized spacial score (nSPS) is 18.2. The van der Waals surface area contributed by atoms with E-state index < -0.39 is 121 Å². The van der Waals surface area contributed by atoms with Gasteiger partial charge in [0.2, 0.25) is 46.6 Å². The van der Waals surface area contributed by atoms with Gasteiger partial charge in [0.25, 0.3) is 5.79 Å². The fourth-order valence-electron chi connectivity index (χ4n) is 7.29. The molecule has 2 heterocycles.